The maximum atomic E-state index is 11.5. The molecule has 0 aliphatic carbocycles. The van der Waals surface area contributed by atoms with Crippen molar-refractivity contribution in [1.29, 1.82) is 0 Å². The second kappa shape index (κ2) is 8.70. The van der Waals surface area contributed by atoms with Gasteiger partial charge in [-0.1, -0.05) is 18.2 Å². The lowest BCUT2D eigenvalue weighted by atomic mass is 10.0. The van der Waals surface area contributed by atoms with Gasteiger partial charge in [-0.25, -0.2) is 0 Å². The van der Waals surface area contributed by atoms with Crippen LogP contribution in [0.1, 0.15) is 23.7 Å². The molecule has 0 bridgehead atoms. The minimum Gasteiger partial charge on any atom is -0.506 e. The van der Waals surface area contributed by atoms with Gasteiger partial charge in [-0.05, 0) is 54.8 Å². The first-order valence-corrected chi connectivity index (χ1v) is 8.95. The third kappa shape index (κ3) is 4.67. The molecule has 6 heteroatoms. The molecule has 0 saturated heterocycles. The molecular weight excluding hydrogens is 344 g/mol. The summed E-state index contributed by atoms with van der Waals surface area (Å²) in [5, 5.41) is 24.3. The Balaban J connectivity index is 1.53. The summed E-state index contributed by atoms with van der Waals surface area (Å²) in [7, 11) is 1.65. The van der Waals surface area contributed by atoms with Crippen LogP contribution in [0, 0.1) is 0 Å². The molecule has 0 spiro atoms. The Kier molecular flexibility index (Phi) is 6.11. The van der Waals surface area contributed by atoms with E-state index < -0.39 is 6.10 Å². The molecule has 3 aromatic rings. The van der Waals surface area contributed by atoms with Crippen LogP contribution in [0.3, 0.4) is 0 Å². The second-order valence-electron chi connectivity index (χ2n) is 6.46. The normalized spacial score (nSPS) is 12.2. The quantitative estimate of drug-likeness (QED) is 0.458. The Hall–Kier alpha value is -2.83. The Bertz CT molecular complexity index is 951. The lowest BCUT2D eigenvalue weighted by Crippen LogP contribution is -2.23. The number of H-pyrrole nitrogens is 1. The van der Waals surface area contributed by atoms with Gasteiger partial charge in [-0.3, -0.25) is 4.79 Å². The lowest BCUT2D eigenvalue weighted by Gasteiger charge is -2.15. The molecule has 0 unspecified atom stereocenters. The molecule has 3 rings (SSSR count). The van der Waals surface area contributed by atoms with E-state index in [0.717, 1.165) is 25.1 Å². The third-order valence-electron chi connectivity index (χ3n) is 4.58. The highest BCUT2D eigenvalue weighted by molar-refractivity contribution is 5.87. The van der Waals surface area contributed by atoms with Crippen LogP contribution in [0.2, 0.25) is 0 Å². The number of aromatic nitrogens is 1. The zero-order chi connectivity index (χ0) is 19.2. The Morgan fingerprint density at radius 2 is 1.89 bits per heavy atom. The number of rotatable bonds is 8. The number of nitrogens with one attached hydrogen (secondary N) is 2. The SMILES string of the molecule is COc1ccc(CCCNC[C@H](O)c2ccc(O)c3[nH]c(=O)ccc23)cc1. The number of aliphatic hydroxyl groups is 1. The summed E-state index contributed by atoms with van der Waals surface area (Å²) in [6, 6.07) is 14.2. The number of ether oxygens (including phenoxy) is 1. The first-order valence-electron chi connectivity index (χ1n) is 8.95. The standard InChI is InChI=1S/C21H24N2O4/c1-27-15-6-4-14(5-7-15)3-2-12-22-13-19(25)16-8-10-18(24)21-17(16)9-11-20(26)23-21/h4-11,19,22,24-25H,2-3,12-13H2,1H3,(H,23,26)/t19-/m0/s1. The molecule has 0 aliphatic rings. The fraction of sp³-hybridized carbons (Fsp3) is 0.286. The number of methoxy groups -OCH3 is 1. The number of hydrogen-bond acceptors (Lipinski definition) is 5. The van der Waals surface area contributed by atoms with Gasteiger partial charge in [-0.15, -0.1) is 0 Å². The van der Waals surface area contributed by atoms with Crippen LogP contribution in [0.5, 0.6) is 11.5 Å². The fourth-order valence-electron chi connectivity index (χ4n) is 3.11. The first kappa shape index (κ1) is 18.9. The van der Waals surface area contributed by atoms with Crippen LogP contribution in [-0.2, 0) is 6.42 Å². The smallest absolute Gasteiger partial charge is 0.248 e. The second-order valence-corrected chi connectivity index (χ2v) is 6.46. The summed E-state index contributed by atoms with van der Waals surface area (Å²) in [5.41, 5.74) is 1.97. The van der Waals surface area contributed by atoms with Gasteiger partial charge in [0.05, 0.1) is 18.7 Å². The molecule has 4 N–H and O–H groups in total. The molecule has 142 valence electrons. The summed E-state index contributed by atoms with van der Waals surface area (Å²) in [6.07, 6.45) is 1.15. The van der Waals surface area contributed by atoms with Crippen LogP contribution >= 0.6 is 0 Å². The predicted molar refractivity (Wildman–Crippen MR) is 105 cm³/mol. The van der Waals surface area contributed by atoms with Crippen LogP contribution in [0.25, 0.3) is 10.9 Å². The molecule has 0 fully saturated rings. The van der Waals surface area contributed by atoms with Gasteiger partial charge < -0.3 is 25.3 Å². The molecular formula is C21H24N2O4. The van der Waals surface area contributed by atoms with E-state index >= 15 is 0 Å². The highest BCUT2D eigenvalue weighted by Gasteiger charge is 2.13. The summed E-state index contributed by atoms with van der Waals surface area (Å²) >= 11 is 0. The van der Waals surface area contributed by atoms with E-state index in [9.17, 15) is 15.0 Å². The van der Waals surface area contributed by atoms with Crippen molar-refractivity contribution < 1.29 is 14.9 Å². The van der Waals surface area contributed by atoms with E-state index in [1.54, 1.807) is 19.2 Å². The zero-order valence-electron chi connectivity index (χ0n) is 15.2. The van der Waals surface area contributed by atoms with Crippen molar-refractivity contribution in [2.45, 2.75) is 18.9 Å². The van der Waals surface area contributed by atoms with E-state index in [0.29, 0.717) is 23.0 Å². The molecule has 0 amide bonds. The van der Waals surface area contributed by atoms with E-state index in [1.807, 2.05) is 12.1 Å². The summed E-state index contributed by atoms with van der Waals surface area (Å²) in [6.45, 7) is 1.16. The van der Waals surface area contributed by atoms with Crippen LogP contribution in [-0.4, -0.2) is 35.4 Å². The minimum absolute atomic E-state index is 0.00824. The number of aliphatic hydroxyl groups excluding tert-OH is 1. The summed E-state index contributed by atoms with van der Waals surface area (Å²) < 4.78 is 5.15. The van der Waals surface area contributed by atoms with Gasteiger partial charge in [0.15, 0.2) is 0 Å². The Morgan fingerprint density at radius 3 is 2.63 bits per heavy atom. The third-order valence-corrected chi connectivity index (χ3v) is 4.58. The number of aromatic hydroxyl groups is 1. The summed E-state index contributed by atoms with van der Waals surface area (Å²) in [5.74, 6) is 0.841. The molecule has 1 aromatic heterocycles. The molecule has 6 nitrogen and oxygen atoms in total. The largest absolute Gasteiger partial charge is 0.506 e. The predicted octanol–water partition coefficient (Wildman–Crippen LogP) is 2.50. The molecule has 27 heavy (non-hydrogen) atoms. The number of phenols is 1. The monoisotopic (exact) mass is 368 g/mol. The van der Waals surface area contributed by atoms with Crippen molar-refractivity contribution in [3.63, 3.8) is 0 Å². The number of aryl methyl sites for hydroxylation is 1. The van der Waals surface area contributed by atoms with Gasteiger partial charge in [0.1, 0.15) is 11.5 Å². The number of benzene rings is 2. The molecule has 0 aliphatic heterocycles. The number of phenolic OH excluding ortho intramolecular Hbond substituents is 1. The minimum atomic E-state index is -0.736. The number of hydrogen-bond donors (Lipinski definition) is 4. The van der Waals surface area contributed by atoms with Gasteiger partial charge in [-0.2, -0.15) is 0 Å². The molecule has 0 radical (unpaired) electrons. The van der Waals surface area contributed by atoms with E-state index in [1.165, 1.54) is 17.7 Å². The average Bonchev–Trinajstić information content (AvgIpc) is 2.68. The number of fused-ring (bicyclic) bond motifs is 1. The van der Waals surface area contributed by atoms with E-state index in [2.05, 4.69) is 22.4 Å². The molecule has 2 aromatic carbocycles. The van der Waals surface area contributed by atoms with E-state index in [4.69, 9.17) is 4.74 Å². The highest BCUT2D eigenvalue weighted by atomic mass is 16.5. The van der Waals surface area contributed by atoms with Crippen molar-refractivity contribution in [3.8, 4) is 11.5 Å². The van der Waals surface area contributed by atoms with Crippen molar-refractivity contribution in [2.75, 3.05) is 20.2 Å². The highest BCUT2D eigenvalue weighted by Crippen LogP contribution is 2.28. The van der Waals surface area contributed by atoms with Crippen molar-refractivity contribution >= 4 is 10.9 Å². The van der Waals surface area contributed by atoms with Crippen LogP contribution in [0.4, 0.5) is 0 Å². The Morgan fingerprint density at radius 1 is 1.11 bits per heavy atom. The maximum Gasteiger partial charge on any atom is 0.248 e. The fourth-order valence-corrected chi connectivity index (χ4v) is 3.11. The summed E-state index contributed by atoms with van der Waals surface area (Å²) in [4.78, 5) is 14.1. The first-order chi connectivity index (χ1) is 13.1. The number of aromatic amines is 1. The van der Waals surface area contributed by atoms with Gasteiger partial charge in [0, 0.05) is 18.0 Å². The van der Waals surface area contributed by atoms with Crippen LogP contribution < -0.4 is 15.6 Å². The topological polar surface area (TPSA) is 94.6 Å². The average molecular weight is 368 g/mol. The van der Waals surface area contributed by atoms with Crippen LogP contribution in [0.15, 0.2) is 53.3 Å². The molecule has 1 heterocycles. The van der Waals surface area contributed by atoms with E-state index in [-0.39, 0.29) is 11.3 Å². The van der Waals surface area contributed by atoms with Gasteiger partial charge in [0.2, 0.25) is 5.56 Å². The van der Waals surface area contributed by atoms with Gasteiger partial charge >= 0.3 is 0 Å². The van der Waals surface area contributed by atoms with Gasteiger partial charge in [0.25, 0.3) is 0 Å². The van der Waals surface area contributed by atoms with Crippen molar-refractivity contribution in [1.82, 2.24) is 10.3 Å². The van der Waals surface area contributed by atoms with Crippen molar-refractivity contribution in [2.24, 2.45) is 0 Å². The lowest BCUT2D eigenvalue weighted by molar-refractivity contribution is 0.176. The molecule has 1 atom stereocenters. The Labute approximate surface area is 157 Å². The molecule has 0 saturated carbocycles. The zero-order valence-corrected chi connectivity index (χ0v) is 15.2. The number of pyridine rings is 1. The maximum absolute atomic E-state index is 11.5. The van der Waals surface area contributed by atoms with Crippen molar-refractivity contribution in [3.05, 3.63) is 70.0 Å².